The zero-order chi connectivity index (χ0) is 15.3. The summed E-state index contributed by atoms with van der Waals surface area (Å²) in [4.78, 5) is 25.0. The maximum absolute atomic E-state index is 12.2. The Morgan fingerprint density at radius 2 is 1.85 bits per heavy atom. The van der Waals surface area contributed by atoms with Crippen LogP contribution in [0.15, 0.2) is 0 Å². The van der Waals surface area contributed by atoms with E-state index in [0.717, 1.165) is 32.5 Å². The Kier molecular flexibility index (Phi) is 5.99. The van der Waals surface area contributed by atoms with E-state index < -0.39 is 0 Å². The molecule has 5 nitrogen and oxygen atoms in total. The SMILES string of the molecule is CC(=O)NCC1CCN(C(=O)CC(N)C(C)(C)C)CC1. The molecular weight excluding hydrogens is 254 g/mol. The lowest BCUT2D eigenvalue weighted by Crippen LogP contribution is -2.45. The third-order valence-electron chi connectivity index (χ3n) is 4.11. The largest absolute Gasteiger partial charge is 0.356 e. The first-order valence-corrected chi connectivity index (χ1v) is 7.48. The molecule has 1 aliphatic heterocycles. The Bertz CT molecular complexity index is 342. The van der Waals surface area contributed by atoms with Gasteiger partial charge in [0.05, 0.1) is 0 Å². The van der Waals surface area contributed by atoms with E-state index in [4.69, 9.17) is 5.73 Å². The molecular formula is C15H29N3O2. The number of hydrogen-bond acceptors (Lipinski definition) is 3. The van der Waals surface area contributed by atoms with Crippen molar-refractivity contribution >= 4 is 11.8 Å². The van der Waals surface area contributed by atoms with Crippen molar-refractivity contribution in [2.45, 2.75) is 53.0 Å². The van der Waals surface area contributed by atoms with E-state index in [1.807, 2.05) is 4.90 Å². The normalized spacial score (nSPS) is 18.8. The van der Waals surface area contributed by atoms with E-state index in [2.05, 4.69) is 26.1 Å². The fourth-order valence-electron chi connectivity index (χ4n) is 2.30. The zero-order valence-corrected chi connectivity index (χ0v) is 13.2. The van der Waals surface area contributed by atoms with Crippen molar-refractivity contribution in [2.24, 2.45) is 17.1 Å². The van der Waals surface area contributed by atoms with Crippen LogP contribution in [0.25, 0.3) is 0 Å². The summed E-state index contributed by atoms with van der Waals surface area (Å²) in [7, 11) is 0. The molecule has 0 bridgehead atoms. The second-order valence-corrected chi connectivity index (χ2v) is 6.94. The van der Waals surface area contributed by atoms with Gasteiger partial charge >= 0.3 is 0 Å². The molecule has 0 saturated carbocycles. The molecule has 0 aromatic heterocycles. The lowest BCUT2D eigenvalue weighted by atomic mass is 9.85. The van der Waals surface area contributed by atoms with Gasteiger partial charge in [-0.25, -0.2) is 0 Å². The Morgan fingerprint density at radius 3 is 2.30 bits per heavy atom. The quantitative estimate of drug-likeness (QED) is 0.812. The van der Waals surface area contributed by atoms with Crippen molar-refractivity contribution in [1.29, 1.82) is 0 Å². The van der Waals surface area contributed by atoms with E-state index >= 15 is 0 Å². The maximum atomic E-state index is 12.2. The number of nitrogens with two attached hydrogens (primary N) is 1. The van der Waals surface area contributed by atoms with Gasteiger partial charge in [-0.2, -0.15) is 0 Å². The topological polar surface area (TPSA) is 75.4 Å². The van der Waals surface area contributed by atoms with Crippen LogP contribution in [-0.4, -0.2) is 42.4 Å². The number of nitrogens with one attached hydrogen (secondary N) is 1. The molecule has 0 spiro atoms. The molecule has 1 saturated heterocycles. The summed E-state index contributed by atoms with van der Waals surface area (Å²) < 4.78 is 0. The highest BCUT2D eigenvalue weighted by Crippen LogP contribution is 2.22. The van der Waals surface area contributed by atoms with Crippen LogP contribution in [0.4, 0.5) is 0 Å². The van der Waals surface area contributed by atoms with Crippen LogP contribution in [0.2, 0.25) is 0 Å². The average molecular weight is 283 g/mol. The monoisotopic (exact) mass is 283 g/mol. The van der Waals surface area contributed by atoms with Crippen LogP contribution in [0.5, 0.6) is 0 Å². The summed E-state index contributed by atoms with van der Waals surface area (Å²) in [6.45, 7) is 9.99. The van der Waals surface area contributed by atoms with E-state index in [1.54, 1.807) is 0 Å². The molecule has 1 aliphatic rings. The van der Waals surface area contributed by atoms with Gasteiger partial charge in [0.25, 0.3) is 0 Å². The molecule has 5 heteroatoms. The van der Waals surface area contributed by atoms with Crippen LogP contribution in [0, 0.1) is 11.3 Å². The smallest absolute Gasteiger partial charge is 0.224 e. The molecule has 2 amide bonds. The van der Waals surface area contributed by atoms with E-state index in [-0.39, 0.29) is 23.3 Å². The second-order valence-electron chi connectivity index (χ2n) is 6.94. The lowest BCUT2D eigenvalue weighted by molar-refractivity contribution is -0.133. The Morgan fingerprint density at radius 1 is 1.30 bits per heavy atom. The van der Waals surface area contributed by atoms with Crippen molar-refractivity contribution < 1.29 is 9.59 Å². The van der Waals surface area contributed by atoms with Crippen LogP contribution < -0.4 is 11.1 Å². The number of likely N-dealkylation sites (tertiary alicyclic amines) is 1. The Balaban J connectivity index is 2.34. The molecule has 1 atom stereocenters. The molecule has 1 heterocycles. The highest BCUT2D eigenvalue weighted by molar-refractivity contribution is 5.77. The van der Waals surface area contributed by atoms with Crippen molar-refractivity contribution in [3.8, 4) is 0 Å². The van der Waals surface area contributed by atoms with Gasteiger partial charge in [-0.05, 0) is 24.2 Å². The number of rotatable bonds is 4. The van der Waals surface area contributed by atoms with Gasteiger partial charge in [0, 0.05) is 39.0 Å². The minimum Gasteiger partial charge on any atom is -0.356 e. The molecule has 1 unspecified atom stereocenters. The number of amides is 2. The number of carbonyl (C=O) groups is 2. The molecule has 1 fully saturated rings. The zero-order valence-electron chi connectivity index (χ0n) is 13.2. The summed E-state index contributed by atoms with van der Waals surface area (Å²) >= 11 is 0. The molecule has 0 radical (unpaired) electrons. The van der Waals surface area contributed by atoms with Crippen LogP contribution in [0.1, 0.15) is 47.0 Å². The minimum atomic E-state index is -0.105. The first kappa shape index (κ1) is 17.0. The van der Waals surface area contributed by atoms with Crippen molar-refractivity contribution in [3.63, 3.8) is 0 Å². The number of piperidine rings is 1. The summed E-state index contributed by atoms with van der Waals surface area (Å²) in [6, 6.07) is -0.105. The standard InChI is InChI=1S/C15H29N3O2/c1-11(19)17-10-12-5-7-18(8-6-12)14(20)9-13(16)15(2,3)4/h12-13H,5-10,16H2,1-4H3,(H,17,19). The third-order valence-corrected chi connectivity index (χ3v) is 4.11. The summed E-state index contributed by atoms with van der Waals surface area (Å²) in [5, 5.41) is 2.85. The van der Waals surface area contributed by atoms with E-state index in [9.17, 15) is 9.59 Å². The van der Waals surface area contributed by atoms with Crippen molar-refractivity contribution in [3.05, 3.63) is 0 Å². The Hall–Kier alpha value is -1.10. The average Bonchev–Trinajstić information content (AvgIpc) is 2.35. The fraction of sp³-hybridized carbons (Fsp3) is 0.867. The van der Waals surface area contributed by atoms with Gasteiger partial charge < -0.3 is 16.0 Å². The lowest BCUT2D eigenvalue weighted by Gasteiger charge is -2.34. The van der Waals surface area contributed by atoms with Gasteiger partial charge in [-0.15, -0.1) is 0 Å². The summed E-state index contributed by atoms with van der Waals surface area (Å²) in [5.74, 6) is 0.657. The van der Waals surface area contributed by atoms with Crippen LogP contribution in [-0.2, 0) is 9.59 Å². The third kappa shape index (κ3) is 5.49. The van der Waals surface area contributed by atoms with Crippen LogP contribution >= 0.6 is 0 Å². The number of hydrogen-bond donors (Lipinski definition) is 2. The fourth-order valence-corrected chi connectivity index (χ4v) is 2.30. The van der Waals surface area contributed by atoms with Gasteiger partial charge in [0.2, 0.25) is 11.8 Å². The van der Waals surface area contributed by atoms with Crippen LogP contribution in [0.3, 0.4) is 0 Å². The molecule has 0 aromatic rings. The summed E-state index contributed by atoms with van der Waals surface area (Å²) in [5.41, 5.74) is 6.03. The van der Waals surface area contributed by atoms with Gasteiger partial charge in [-0.3, -0.25) is 9.59 Å². The minimum absolute atomic E-state index is 0.0136. The van der Waals surface area contributed by atoms with Crippen molar-refractivity contribution in [2.75, 3.05) is 19.6 Å². The predicted octanol–water partition coefficient (Wildman–Crippen LogP) is 1.12. The molecule has 20 heavy (non-hydrogen) atoms. The van der Waals surface area contributed by atoms with Gasteiger partial charge in [0.1, 0.15) is 0 Å². The number of nitrogens with zero attached hydrogens (tertiary/aromatic N) is 1. The second kappa shape index (κ2) is 7.07. The molecule has 116 valence electrons. The van der Waals surface area contributed by atoms with E-state index in [1.165, 1.54) is 6.92 Å². The van der Waals surface area contributed by atoms with Gasteiger partial charge in [-0.1, -0.05) is 20.8 Å². The first-order chi connectivity index (χ1) is 9.20. The van der Waals surface area contributed by atoms with Crippen molar-refractivity contribution in [1.82, 2.24) is 10.2 Å². The molecule has 1 rings (SSSR count). The van der Waals surface area contributed by atoms with Gasteiger partial charge in [0.15, 0.2) is 0 Å². The summed E-state index contributed by atoms with van der Waals surface area (Å²) in [6.07, 6.45) is 2.33. The van der Waals surface area contributed by atoms with E-state index in [0.29, 0.717) is 12.3 Å². The highest BCUT2D eigenvalue weighted by Gasteiger charge is 2.28. The maximum Gasteiger partial charge on any atom is 0.224 e. The first-order valence-electron chi connectivity index (χ1n) is 7.48. The molecule has 0 aromatic carbocycles. The number of carbonyl (C=O) groups excluding carboxylic acids is 2. The predicted molar refractivity (Wildman–Crippen MR) is 80.0 cm³/mol. The Labute approximate surface area is 122 Å². The molecule has 3 N–H and O–H groups in total. The highest BCUT2D eigenvalue weighted by atomic mass is 16.2. The molecule has 0 aliphatic carbocycles.